The number of hydrogen-bond acceptors (Lipinski definition) is 5. The van der Waals surface area contributed by atoms with E-state index in [1.165, 1.54) is 0 Å². The van der Waals surface area contributed by atoms with Gasteiger partial charge < -0.3 is 20.1 Å². The highest BCUT2D eigenvalue weighted by Crippen LogP contribution is 2.32. The number of morpholine rings is 1. The Labute approximate surface area is 124 Å². The fraction of sp³-hybridized carbons (Fsp3) is 0.533. The van der Waals surface area contributed by atoms with Crippen molar-refractivity contribution in [1.82, 2.24) is 4.90 Å². The molecule has 2 aliphatic heterocycles. The number of carbonyl (C=O) groups excluding carboxylic acids is 1. The lowest BCUT2D eigenvalue weighted by Crippen LogP contribution is -2.46. The van der Waals surface area contributed by atoms with E-state index in [2.05, 4.69) is 4.90 Å². The number of nitrogens with zero attached hydrogens (tertiary/aromatic N) is 2. The van der Waals surface area contributed by atoms with Crippen molar-refractivity contribution < 1.29 is 14.3 Å². The summed E-state index contributed by atoms with van der Waals surface area (Å²) in [6.45, 7) is 5.47. The molecule has 2 heterocycles. The average molecular weight is 291 g/mol. The van der Waals surface area contributed by atoms with Crippen molar-refractivity contribution in [2.24, 2.45) is 5.73 Å². The summed E-state index contributed by atoms with van der Waals surface area (Å²) in [5, 5.41) is 0. The molecule has 1 amide bonds. The van der Waals surface area contributed by atoms with Crippen molar-refractivity contribution >= 4 is 11.6 Å². The van der Waals surface area contributed by atoms with Crippen LogP contribution in [0.3, 0.4) is 0 Å². The van der Waals surface area contributed by atoms with E-state index in [1.807, 2.05) is 23.1 Å². The molecule has 0 unspecified atom stereocenters. The summed E-state index contributed by atoms with van der Waals surface area (Å²) in [7, 11) is 0. The van der Waals surface area contributed by atoms with E-state index >= 15 is 0 Å². The molecular formula is C15H21N3O3. The number of amides is 1. The molecule has 1 saturated heterocycles. The quantitative estimate of drug-likeness (QED) is 0.858. The Morgan fingerprint density at radius 1 is 1.19 bits per heavy atom. The number of rotatable bonds is 4. The van der Waals surface area contributed by atoms with Crippen molar-refractivity contribution in [2.45, 2.75) is 6.54 Å². The van der Waals surface area contributed by atoms with Crippen LogP contribution in [0.2, 0.25) is 0 Å². The first-order valence-corrected chi connectivity index (χ1v) is 7.34. The third-order valence-corrected chi connectivity index (χ3v) is 3.95. The van der Waals surface area contributed by atoms with Crippen molar-refractivity contribution in [1.29, 1.82) is 0 Å². The highest BCUT2D eigenvalue weighted by atomic mass is 16.5. The van der Waals surface area contributed by atoms with E-state index in [1.54, 1.807) is 0 Å². The van der Waals surface area contributed by atoms with Crippen LogP contribution in [-0.4, -0.2) is 56.8 Å². The smallest absolute Gasteiger partial charge is 0.265 e. The predicted octanol–water partition coefficient (Wildman–Crippen LogP) is 0.203. The number of ether oxygens (including phenoxy) is 2. The molecule has 6 nitrogen and oxygen atoms in total. The van der Waals surface area contributed by atoms with Crippen LogP contribution in [-0.2, 0) is 16.1 Å². The SMILES string of the molecule is NCc1ccc2c(c1)N(CCN1CCOCC1)C(=O)CO2. The maximum absolute atomic E-state index is 12.2. The van der Waals surface area contributed by atoms with Gasteiger partial charge in [0.05, 0.1) is 18.9 Å². The van der Waals surface area contributed by atoms with Crippen LogP contribution in [0, 0.1) is 0 Å². The van der Waals surface area contributed by atoms with Crippen molar-refractivity contribution in [3.05, 3.63) is 23.8 Å². The Kier molecular flexibility index (Phi) is 4.38. The van der Waals surface area contributed by atoms with Crippen LogP contribution < -0.4 is 15.4 Å². The van der Waals surface area contributed by atoms with Crippen LogP contribution in [0.15, 0.2) is 18.2 Å². The van der Waals surface area contributed by atoms with E-state index < -0.39 is 0 Å². The Balaban J connectivity index is 1.73. The number of anilines is 1. The number of carbonyl (C=O) groups is 1. The fourth-order valence-electron chi connectivity index (χ4n) is 2.69. The van der Waals surface area contributed by atoms with Gasteiger partial charge in [-0.2, -0.15) is 0 Å². The lowest BCUT2D eigenvalue weighted by Gasteiger charge is -2.33. The van der Waals surface area contributed by atoms with Crippen LogP contribution in [0.25, 0.3) is 0 Å². The van der Waals surface area contributed by atoms with Gasteiger partial charge in [0.2, 0.25) is 0 Å². The molecule has 2 N–H and O–H groups in total. The molecule has 114 valence electrons. The highest BCUT2D eigenvalue weighted by Gasteiger charge is 2.26. The molecule has 0 radical (unpaired) electrons. The van der Waals surface area contributed by atoms with E-state index in [9.17, 15) is 4.79 Å². The normalized spacial score (nSPS) is 19.3. The Bertz CT molecular complexity index is 515. The molecule has 1 aromatic carbocycles. The van der Waals surface area contributed by atoms with Gasteiger partial charge in [0.25, 0.3) is 5.91 Å². The lowest BCUT2D eigenvalue weighted by molar-refractivity contribution is -0.121. The van der Waals surface area contributed by atoms with Gasteiger partial charge in [-0.3, -0.25) is 9.69 Å². The van der Waals surface area contributed by atoms with Crippen molar-refractivity contribution in [3.63, 3.8) is 0 Å². The van der Waals surface area contributed by atoms with E-state index in [0.717, 1.165) is 49.8 Å². The molecule has 0 bridgehead atoms. The molecule has 0 saturated carbocycles. The van der Waals surface area contributed by atoms with E-state index in [-0.39, 0.29) is 12.5 Å². The summed E-state index contributed by atoms with van der Waals surface area (Å²) in [6, 6.07) is 5.78. The van der Waals surface area contributed by atoms with Crippen molar-refractivity contribution in [2.75, 3.05) is 50.9 Å². The first kappa shape index (κ1) is 14.3. The van der Waals surface area contributed by atoms with Gasteiger partial charge in [-0.1, -0.05) is 6.07 Å². The second-order valence-corrected chi connectivity index (χ2v) is 5.29. The van der Waals surface area contributed by atoms with Crippen molar-refractivity contribution in [3.8, 4) is 5.75 Å². The average Bonchev–Trinajstić information content (AvgIpc) is 2.54. The zero-order valence-electron chi connectivity index (χ0n) is 12.1. The lowest BCUT2D eigenvalue weighted by atomic mass is 10.1. The maximum atomic E-state index is 12.2. The summed E-state index contributed by atoms with van der Waals surface area (Å²) < 4.78 is 10.8. The minimum atomic E-state index is 0.00457. The van der Waals surface area contributed by atoms with Gasteiger partial charge in [0.15, 0.2) is 6.61 Å². The van der Waals surface area contributed by atoms with Gasteiger partial charge in [0, 0.05) is 32.7 Å². The van der Waals surface area contributed by atoms with Gasteiger partial charge in [-0.25, -0.2) is 0 Å². The largest absolute Gasteiger partial charge is 0.482 e. The molecule has 1 fully saturated rings. The first-order valence-electron chi connectivity index (χ1n) is 7.34. The minimum absolute atomic E-state index is 0.00457. The van der Waals surface area contributed by atoms with Crippen LogP contribution >= 0.6 is 0 Å². The van der Waals surface area contributed by atoms with E-state index in [4.69, 9.17) is 15.2 Å². The second-order valence-electron chi connectivity index (χ2n) is 5.29. The Morgan fingerprint density at radius 2 is 2.00 bits per heavy atom. The molecule has 0 spiro atoms. The molecule has 3 rings (SSSR count). The van der Waals surface area contributed by atoms with E-state index in [0.29, 0.717) is 13.1 Å². The Hall–Kier alpha value is -1.63. The molecule has 0 aromatic heterocycles. The number of nitrogens with two attached hydrogens (primary N) is 1. The zero-order valence-corrected chi connectivity index (χ0v) is 12.1. The van der Waals surface area contributed by atoms with Gasteiger partial charge in [0.1, 0.15) is 5.75 Å². The molecule has 1 aromatic rings. The zero-order chi connectivity index (χ0) is 14.7. The number of benzene rings is 1. The van der Waals surface area contributed by atoms with Crippen LogP contribution in [0.5, 0.6) is 5.75 Å². The molecule has 0 aliphatic carbocycles. The fourth-order valence-corrected chi connectivity index (χ4v) is 2.69. The Morgan fingerprint density at radius 3 is 2.76 bits per heavy atom. The highest BCUT2D eigenvalue weighted by molar-refractivity contribution is 5.97. The molecular weight excluding hydrogens is 270 g/mol. The summed E-state index contributed by atoms with van der Waals surface area (Å²) in [6.07, 6.45) is 0. The van der Waals surface area contributed by atoms with Gasteiger partial charge in [-0.05, 0) is 17.7 Å². The van der Waals surface area contributed by atoms with Gasteiger partial charge >= 0.3 is 0 Å². The summed E-state index contributed by atoms with van der Waals surface area (Å²) in [5.41, 5.74) is 7.53. The number of fused-ring (bicyclic) bond motifs is 1. The molecule has 2 aliphatic rings. The van der Waals surface area contributed by atoms with Gasteiger partial charge in [-0.15, -0.1) is 0 Å². The van der Waals surface area contributed by atoms with Crippen LogP contribution in [0.4, 0.5) is 5.69 Å². The minimum Gasteiger partial charge on any atom is -0.482 e. The molecule has 6 heteroatoms. The third-order valence-electron chi connectivity index (χ3n) is 3.95. The number of hydrogen-bond donors (Lipinski definition) is 1. The predicted molar refractivity (Wildman–Crippen MR) is 79.4 cm³/mol. The third kappa shape index (κ3) is 3.18. The topological polar surface area (TPSA) is 68.0 Å². The standard InChI is InChI=1S/C15H21N3O3/c16-10-12-1-2-14-13(9-12)18(15(19)11-21-14)4-3-17-5-7-20-8-6-17/h1-2,9H,3-8,10-11,16H2. The monoisotopic (exact) mass is 291 g/mol. The summed E-state index contributed by atoms with van der Waals surface area (Å²) in [4.78, 5) is 16.3. The maximum Gasteiger partial charge on any atom is 0.265 e. The summed E-state index contributed by atoms with van der Waals surface area (Å²) in [5.74, 6) is 0.763. The second kappa shape index (κ2) is 6.43. The first-order chi connectivity index (χ1) is 10.3. The van der Waals surface area contributed by atoms with Crippen LogP contribution in [0.1, 0.15) is 5.56 Å². The molecule has 0 atom stereocenters. The molecule has 21 heavy (non-hydrogen) atoms. The summed E-state index contributed by atoms with van der Waals surface area (Å²) >= 11 is 0.